The van der Waals surface area contributed by atoms with Crippen LogP contribution in [-0.2, 0) is 26.2 Å². The van der Waals surface area contributed by atoms with Gasteiger partial charge in [-0.25, -0.2) is 12.8 Å². The van der Waals surface area contributed by atoms with Crippen LogP contribution in [0.4, 0.5) is 10.1 Å². The summed E-state index contributed by atoms with van der Waals surface area (Å²) in [4.78, 5) is 28.8. The number of para-hydroxylation sites is 1. The van der Waals surface area contributed by atoms with E-state index in [0.29, 0.717) is 10.6 Å². The Labute approximate surface area is 250 Å². The van der Waals surface area contributed by atoms with E-state index in [1.807, 2.05) is 0 Å². The standard InChI is InChI=1S/C30H32Cl2FN3O4S/c1-2-27(30(38)34-22-10-6-7-11-22)35(19-21-16-17-24(31)25(32)18-21)29(37)20-36(28-15-9-8-14-26(28)33)41(39,40)23-12-4-3-5-13-23/h3-5,8-9,12-18,22,27H,2,6-7,10-11,19-20H2,1H3,(H,34,38)/t27-/m0/s1. The first-order valence-electron chi connectivity index (χ1n) is 13.5. The molecule has 3 aromatic rings. The molecule has 0 heterocycles. The maximum Gasteiger partial charge on any atom is 0.264 e. The number of benzene rings is 3. The molecule has 0 bridgehead atoms. The Bertz CT molecular complexity index is 1480. The molecule has 11 heteroatoms. The van der Waals surface area contributed by atoms with Gasteiger partial charge in [0.05, 0.1) is 20.6 Å². The quantitative estimate of drug-likeness (QED) is 0.277. The van der Waals surface area contributed by atoms with Crippen LogP contribution in [0.1, 0.15) is 44.6 Å². The van der Waals surface area contributed by atoms with E-state index in [2.05, 4.69) is 5.32 Å². The summed E-state index contributed by atoms with van der Waals surface area (Å²) in [5.41, 5.74) is 0.325. The van der Waals surface area contributed by atoms with Gasteiger partial charge in [0.2, 0.25) is 11.8 Å². The molecule has 1 saturated carbocycles. The first kappa shape index (κ1) is 30.8. The van der Waals surface area contributed by atoms with Gasteiger partial charge in [0.15, 0.2) is 0 Å². The van der Waals surface area contributed by atoms with Crippen molar-refractivity contribution in [3.63, 3.8) is 0 Å². The van der Waals surface area contributed by atoms with Crippen LogP contribution < -0.4 is 9.62 Å². The fraction of sp³-hybridized carbons (Fsp3) is 0.333. The van der Waals surface area contributed by atoms with Crippen LogP contribution in [0.15, 0.2) is 77.7 Å². The Hall–Kier alpha value is -3.14. The molecule has 2 amide bonds. The number of nitrogens with zero attached hydrogens (tertiary/aromatic N) is 2. The van der Waals surface area contributed by atoms with Gasteiger partial charge in [-0.3, -0.25) is 13.9 Å². The van der Waals surface area contributed by atoms with Gasteiger partial charge in [-0.15, -0.1) is 0 Å². The van der Waals surface area contributed by atoms with Crippen molar-refractivity contribution in [2.75, 3.05) is 10.8 Å². The van der Waals surface area contributed by atoms with Crippen molar-refractivity contribution >= 4 is 50.7 Å². The van der Waals surface area contributed by atoms with Crippen LogP contribution in [0.25, 0.3) is 0 Å². The lowest BCUT2D eigenvalue weighted by atomic mass is 10.1. The van der Waals surface area contributed by atoms with Gasteiger partial charge in [-0.05, 0) is 61.2 Å². The molecule has 1 aliphatic carbocycles. The molecular weight excluding hydrogens is 588 g/mol. The molecular formula is C30H32Cl2FN3O4S. The second kappa shape index (κ2) is 13.7. The molecule has 4 rings (SSSR count). The molecule has 1 aliphatic rings. The largest absolute Gasteiger partial charge is 0.352 e. The monoisotopic (exact) mass is 619 g/mol. The smallest absolute Gasteiger partial charge is 0.264 e. The fourth-order valence-corrected chi connectivity index (χ4v) is 6.77. The molecule has 3 aromatic carbocycles. The Morgan fingerprint density at radius 1 is 0.976 bits per heavy atom. The number of hydrogen-bond acceptors (Lipinski definition) is 4. The van der Waals surface area contributed by atoms with E-state index < -0.39 is 34.3 Å². The van der Waals surface area contributed by atoms with Crippen molar-refractivity contribution < 1.29 is 22.4 Å². The Morgan fingerprint density at radius 2 is 1.63 bits per heavy atom. The number of anilines is 1. The second-order valence-electron chi connectivity index (χ2n) is 9.96. The van der Waals surface area contributed by atoms with Crippen LogP contribution in [0.2, 0.25) is 10.0 Å². The van der Waals surface area contributed by atoms with Crippen LogP contribution in [-0.4, -0.2) is 43.8 Å². The van der Waals surface area contributed by atoms with Gasteiger partial charge in [-0.1, -0.05) is 79.4 Å². The topological polar surface area (TPSA) is 86.8 Å². The zero-order valence-corrected chi connectivity index (χ0v) is 24.9. The summed E-state index contributed by atoms with van der Waals surface area (Å²) in [6.45, 7) is 1.01. The average Bonchev–Trinajstić information content (AvgIpc) is 3.47. The van der Waals surface area contributed by atoms with E-state index in [-0.39, 0.29) is 40.5 Å². The van der Waals surface area contributed by atoms with Gasteiger partial charge in [-0.2, -0.15) is 0 Å². The SMILES string of the molecule is CC[C@@H](C(=O)NC1CCCC1)N(Cc1ccc(Cl)c(Cl)c1)C(=O)CN(c1ccccc1F)S(=O)(=O)c1ccccc1. The predicted octanol–water partition coefficient (Wildman–Crippen LogP) is 6.19. The summed E-state index contributed by atoms with van der Waals surface area (Å²) in [5, 5.41) is 3.66. The minimum absolute atomic E-state index is 0.0202. The van der Waals surface area contributed by atoms with Crippen molar-refractivity contribution in [3.05, 3.63) is 94.2 Å². The predicted molar refractivity (Wildman–Crippen MR) is 159 cm³/mol. The third-order valence-corrected chi connectivity index (χ3v) is 9.67. The second-order valence-corrected chi connectivity index (χ2v) is 12.6. The Kier molecular flexibility index (Phi) is 10.3. The summed E-state index contributed by atoms with van der Waals surface area (Å²) < 4.78 is 43.3. The number of amides is 2. The number of nitrogens with one attached hydrogen (secondary N) is 1. The Balaban J connectivity index is 1.73. The van der Waals surface area contributed by atoms with Gasteiger partial charge in [0.25, 0.3) is 10.0 Å². The molecule has 0 unspecified atom stereocenters. The molecule has 1 atom stereocenters. The normalized spacial score (nSPS) is 14.4. The number of sulfonamides is 1. The maximum atomic E-state index is 15.0. The van der Waals surface area contributed by atoms with E-state index >= 15 is 4.39 Å². The van der Waals surface area contributed by atoms with Gasteiger partial charge >= 0.3 is 0 Å². The summed E-state index contributed by atoms with van der Waals surface area (Å²) in [5.74, 6) is -1.80. The first-order chi connectivity index (χ1) is 19.6. The molecule has 41 heavy (non-hydrogen) atoms. The molecule has 218 valence electrons. The lowest BCUT2D eigenvalue weighted by Gasteiger charge is -2.34. The third-order valence-electron chi connectivity index (χ3n) is 7.16. The van der Waals surface area contributed by atoms with Gasteiger partial charge in [0.1, 0.15) is 18.4 Å². The molecule has 1 fully saturated rings. The molecule has 1 N–H and O–H groups in total. The summed E-state index contributed by atoms with van der Waals surface area (Å²) in [6, 6.07) is 16.9. The lowest BCUT2D eigenvalue weighted by Crippen LogP contribution is -2.53. The number of halogens is 3. The van der Waals surface area contributed by atoms with Crippen molar-refractivity contribution in [2.45, 2.75) is 62.6 Å². The molecule has 0 aliphatic heterocycles. The number of rotatable bonds is 11. The number of hydrogen-bond donors (Lipinski definition) is 1. The van der Waals surface area contributed by atoms with Crippen molar-refractivity contribution in [3.8, 4) is 0 Å². The Morgan fingerprint density at radius 3 is 2.27 bits per heavy atom. The molecule has 0 saturated heterocycles. The minimum Gasteiger partial charge on any atom is -0.352 e. The first-order valence-corrected chi connectivity index (χ1v) is 15.7. The van der Waals surface area contributed by atoms with Crippen LogP contribution >= 0.6 is 23.2 Å². The highest BCUT2D eigenvalue weighted by molar-refractivity contribution is 7.92. The van der Waals surface area contributed by atoms with Crippen molar-refractivity contribution in [1.29, 1.82) is 0 Å². The maximum absolute atomic E-state index is 15.0. The van der Waals surface area contributed by atoms with E-state index in [0.717, 1.165) is 36.1 Å². The molecule has 0 aromatic heterocycles. The highest BCUT2D eigenvalue weighted by atomic mass is 35.5. The lowest BCUT2D eigenvalue weighted by molar-refractivity contribution is -0.140. The highest BCUT2D eigenvalue weighted by Gasteiger charge is 2.35. The minimum atomic E-state index is -4.35. The zero-order chi connectivity index (χ0) is 29.6. The summed E-state index contributed by atoms with van der Waals surface area (Å²) >= 11 is 12.3. The van der Waals surface area contributed by atoms with Gasteiger partial charge < -0.3 is 10.2 Å². The zero-order valence-electron chi connectivity index (χ0n) is 22.6. The fourth-order valence-electron chi connectivity index (χ4n) is 5.01. The average molecular weight is 621 g/mol. The van der Waals surface area contributed by atoms with Crippen LogP contribution in [0.3, 0.4) is 0 Å². The molecule has 0 radical (unpaired) electrons. The number of carbonyl (C=O) groups excluding carboxylic acids is 2. The number of carbonyl (C=O) groups is 2. The van der Waals surface area contributed by atoms with Crippen molar-refractivity contribution in [1.82, 2.24) is 10.2 Å². The highest BCUT2D eigenvalue weighted by Crippen LogP contribution is 2.28. The molecule has 7 nitrogen and oxygen atoms in total. The van der Waals surface area contributed by atoms with E-state index in [9.17, 15) is 18.0 Å². The van der Waals surface area contributed by atoms with Crippen LogP contribution in [0.5, 0.6) is 0 Å². The van der Waals surface area contributed by atoms with Crippen LogP contribution in [0, 0.1) is 5.82 Å². The van der Waals surface area contributed by atoms with Gasteiger partial charge in [0, 0.05) is 12.6 Å². The summed E-state index contributed by atoms with van der Waals surface area (Å²) in [7, 11) is -4.35. The third kappa shape index (κ3) is 7.39. The van der Waals surface area contributed by atoms with Crippen molar-refractivity contribution in [2.24, 2.45) is 0 Å². The summed E-state index contributed by atoms with van der Waals surface area (Å²) in [6.07, 6.45) is 4.03. The van der Waals surface area contributed by atoms with E-state index in [1.54, 1.807) is 43.3 Å². The van der Waals surface area contributed by atoms with E-state index in [4.69, 9.17) is 23.2 Å². The van der Waals surface area contributed by atoms with E-state index in [1.165, 1.54) is 35.2 Å². The molecule has 0 spiro atoms.